The molecule has 0 radical (unpaired) electrons. The molecule has 1 aromatic carbocycles. The number of aryl methyl sites for hydroxylation is 2. The van der Waals surface area contributed by atoms with Crippen molar-refractivity contribution >= 4 is 44.6 Å². The van der Waals surface area contributed by atoms with E-state index in [1.807, 2.05) is 6.92 Å². The third kappa shape index (κ3) is 6.26. The number of rotatable bonds is 9. The molecular formula is C27H34ClF2N7O3S. The molecule has 0 spiro atoms. The van der Waals surface area contributed by atoms with Crippen LogP contribution in [0.3, 0.4) is 0 Å². The molecule has 41 heavy (non-hydrogen) atoms. The minimum atomic E-state index is -3.69. The average Bonchev–Trinajstić information content (AvgIpc) is 3.61. The number of halogens is 3. The van der Waals surface area contributed by atoms with Gasteiger partial charge in [0.25, 0.3) is 5.92 Å². The van der Waals surface area contributed by atoms with Crippen LogP contribution in [0.15, 0.2) is 29.6 Å². The second-order valence-corrected chi connectivity index (χ2v) is 13.9. The summed E-state index contributed by atoms with van der Waals surface area (Å²) in [5.41, 5.74) is 2.03. The third-order valence-electron chi connectivity index (χ3n) is 7.28. The van der Waals surface area contributed by atoms with Gasteiger partial charge in [0, 0.05) is 13.2 Å². The highest BCUT2D eigenvalue weighted by Gasteiger charge is 2.45. The van der Waals surface area contributed by atoms with E-state index >= 15 is 8.78 Å². The van der Waals surface area contributed by atoms with Crippen LogP contribution in [-0.4, -0.2) is 70.5 Å². The predicted molar refractivity (Wildman–Crippen MR) is 154 cm³/mol. The van der Waals surface area contributed by atoms with Gasteiger partial charge in [-0.3, -0.25) is 4.68 Å². The Morgan fingerprint density at radius 2 is 1.88 bits per heavy atom. The summed E-state index contributed by atoms with van der Waals surface area (Å²) >= 11 is 6.37. The quantitative estimate of drug-likeness (QED) is 0.327. The fourth-order valence-electron chi connectivity index (χ4n) is 4.88. The Morgan fingerprint density at radius 3 is 2.54 bits per heavy atom. The van der Waals surface area contributed by atoms with Crippen molar-refractivity contribution in [1.29, 1.82) is 0 Å². The number of piperidine rings is 1. The van der Waals surface area contributed by atoms with E-state index in [-0.39, 0.29) is 40.2 Å². The summed E-state index contributed by atoms with van der Waals surface area (Å²) in [6.45, 7) is 5.27. The number of likely N-dealkylation sites (tertiary alicyclic amines) is 1. The smallest absolute Gasteiger partial charge is 0.267 e. The number of sulfone groups is 1. The van der Waals surface area contributed by atoms with E-state index in [1.54, 1.807) is 45.0 Å². The molecule has 1 aliphatic carbocycles. The van der Waals surface area contributed by atoms with Gasteiger partial charge in [0.15, 0.2) is 5.82 Å². The number of anilines is 4. The first-order valence-corrected chi connectivity index (χ1v) is 15.4. The molecule has 1 unspecified atom stereocenters. The molecule has 14 heteroatoms. The number of alkyl halides is 2. The highest BCUT2D eigenvalue weighted by Crippen LogP contribution is 2.45. The van der Waals surface area contributed by atoms with Crippen LogP contribution in [-0.2, 0) is 16.9 Å². The molecule has 2 fully saturated rings. The predicted octanol–water partition coefficient (Wildman–Crippen LogP) is 5.44. The summed E-state index contributed by atoms with van der Waals surface area (Å²) in [6, 6.07) is 3.49. The van der Waals surface area contributed by atoms with Crippen molar-refractivity contribution in [1.82, 2.24) is 24.6 Å². The van der Waals surface area contributed by atoms with Gasteiger partial charge in [-0.2, -0.15) is 10.1 Å². The standard InChI is InChI=1S/C27H34ClF2N7O3S/c1-15(2)41(38,39)25-22(13-37(5)35-25)32-24-20(28)12-31-26(34-24)33-21-10-16(3)18(11-23(21)40-17-6-7-17)19-8-9-36(4)14-27(19,29)30/h10-13,15,17,19H,6-9,14H2,1-5H3,(H2,31,32,33,34). The lowest BCUT2D eigenvalue weighted by atomic mass is 9.83. The van der Waals surface area contributed by atoms with Crippen LogP contribution in [0, 0.1) is 6.92 Å². The molecule has 3 aromatic rings. The zero-order chi connectivity index (χ0) is 29.7. The maximum atomic E-state index is 15.1. The van der Waals surface area contributed by atoms with E-state index in [9.17, 15) is 8.42 Å². The molecule has 1 saturated heterocycles. The minimum absolute atomic E-state index is 0.0272. The van der Waals surface area contributed by atoms with Crippen LogP contribution < -0.4 is 15.4 Å². The van der Waals surface area contributed by atoms with E-state index in [1.165, 1.54) is 17.1 Å². The van der Waals surface area contributed by atoms with Crippen molar-refractivity contribution in [2.75, 3.05) is 30.8 Å². The van der Waals surface area contributed by atoms with E-state index in [4.69, 9.17) is 16.3 Å². The van der Waals surface area contributed by atoms with Crippen LogP contribution in [0.5, 0.6) is 5.75 Å². The Hall–Kier alpha value is -3.03. The molecule has 2 aliphatic rings. The zero-order valence-corrected chi connectivity index (χ0v) is 25.2. The summed E-state index contributed by atoms with van der Waals surface area (Å²) in [7, 11) is -0.362. The molecule has 1 saturated carbocycles. The van der Waals surface area contributed by atoms with Gasteiger partial charge in [0.2, 0.25) is 20.8 Å². The van der Waals surface area contributed by atoms with Gasteiger partial charge < -0.3 is 20.3 Å². The van der Waals surface area contributed by atoms with Crippen LogP contribution in [0.25, 0.3) is 0 Å². The van der Waals surface area contributed by atoms with Gasteiger partial charge in [-0.1, -0.05) is 11.6 Å². The van der Waals surface area contributed by atoms with Crippen LogP contribution in [0.4, 0.5) is 31.9 Å². The number of aromatic nitrogens is 4. The molecule has 1 atom stereocenters. The number of ether oxygens (including phenoxy) is 1. The molecule has 2 aromatic heterocycles. The lowest BCUT2D eigenvalue weighted by Gasteiger charge is -2.37. The first kappa shape index (κ1) is 29.5. The van der Waals surface area contributed by atoms with Crippen LogP contribution >= 0.6 is 11.6 Å². The van der Waals surface area contributed by atoms with Crippen molar-refractivity contribution in [2.24, 2.45) is 7.05 Å². The minimum Gasteiger partial charge on any atom is -0.488 e. The van der Waals surface area contributed by atoms with Crippen LogP contribution in [0.1, 0.15) is 50.2 Å². The number of nitrogens with one attached hydrogen (secondary N) is 2. The van der Waals surface area contributed by atoms with E-state index < -0.39 is 26.9 Å². The van der Waals surface area contributed by atoms with Crippen molar-refractivity contribution in [3.8, 4) is 5.75 Å². The van der Waals surface area contributed by atoms with Crippen molar-refractivity contribution < 1.29 is 21.9 Å². The summed E-state index contributed by atoms with van der Waals surface area (Å²) in [4.78, 5) is 10.4. The molecule has 10 nitrogen and oxygen atoms in total. The maximum absolute atomic E-state index is 15.1. The Morgan fingerprint density at radius 1 is 1.15 bits per heavy atom. The van der Waals surface area contributed by atoms with E-state index in [0.29, 0.717) is 35.5 Å². The topological polar surface area (TPSA) is 114 Å². The Labute approximate surface area is 243 Å². The normalized spacial score (nSPS) is 19.4. The summed E-state index contributed by atoms with van der Waals surface area (Å²) in [5, 5.41) is 9.62. The third-order valence-corrected chi connectivity index (χ3v) is 9.64. The lowest BCUT2D eigenvalue weighted by molar-refractivity contribution is -0.0767. The average molecular weight is 610 g/mol. The highest BCUT2D eigenvalue weighted by atomic mass is 35.5. The van der Waals surface area contributed by atoms with Gasteiger partial charge in [-0.15, -0.1) is 0 Å². The largest absolute Gasteiger partial charge is 0.488 e. The molecule has 0 amide bonds. The summed E-state index contributed by atoms with van der Waals surface area (Å²) < 4.78 is 63.4. The summed E-state index contributed by atoms with van der Waals surface area (Å²) in [6.07, 6.45) is 5.07. The highest BCUT2D eigenvalue weighted by molar-refractivity contribution is 7.92. The molecule has 1 aliphatic heterocycles. The first-order valence-electron chi connectivity index (χ1n) is 13.5. The second kappa shape index (κ2) is 11.0. The number of hydrogen-bond donors (Lipinski definition) is 2. The molecule has 0 bridgehead atoms. The van der Waals surface area contributed by atoms with Gasteiger partial charge in [0.1, 0.15) is 10.8 Å². The van der Waals surface area contributed by atoms with Gasteiger partial charge in [-0.25, -0.2) is 22.2 Å². The second-order valence-electron chi connectivity index (χ2n) is 11.1. The maximum Gasteiger partial charge on any atom is 0.267 e. The van der Waals surface area contributed by atoms with Gasteiger partial charge in [-0.05, 0) is 76.9 Å². The summed E-state index contributed by atoms with van der Waals surface area (Å²) in [5.74, 6) is -2.99. The van der Waals surface area contributed by atoms with E-state index in [0.717, 1.165) is 12.8 Å². The van der Waals surface area contributed by atoms with Gasteiger partial charge >= 0.3 is 0 Å². The van der Waals surface area contributed by atoms with Crippen molar-refractivity contribution in [3.63, 3.8) is 0 Å². The SMILES string of the molecule is Cc1cc(Nc2ncc(Cl)c(Nc3cn(C)nc3S(=O)(=O)C(C)C)n2)c(OC2CC2)cc1C1CCN(C)CC1(F)F. The number of benzene rings is 1. The molecule has 3 heterocycles. The fraction of sp³-hybridized carbons (Fsp3) is 0.519. The lowest BCUT2D eigenvalue weighted by Crippen LogP contribution is -2.45. The first-order chi connectivity index (χ1) is 19.2. The Bertz CT molecular complexity index is 1560. The fourth-order valence-corrected chi connectivity index (χ4v) is 6.12. The van der Waals surface area contributed by atoms with E-state index in [2.05, 4.69) is 25.7 Å². The molecule has 2 N–H and O–H groups in total. The molecule has 222 valence electrons. The molecular weight excluding hydrogens is 576 g/mol. The number of hydrogen-bond acceptors (Lipinski definition) is 9. The Balaban J connectivity index is 1.46. The van der Waals surface area contributed by atoms with Crippen molar-refractivity contribution in [3.05, 3.63) is 40.7 Å². The van der Waals surface area contributed by atoms with Gasteiger partial charge in [0.05, 0.1) is 41.4 Å². The molecule has 5 rings (SSSR count). The Kier molecular flexibility index (Phi) is 7.90. The van der Waals surface area contributed by atoms with Crippen LogP contribution in [0.2, 0.25) is 5.02 Å². The monoisotopic (exact) mass is 609 g/mol. The number of nitrogens with zero attached hydrogens (tertiary/aromatic N) is 5. The zero-order valence-electron chi connectivity index (χ0n) is 23.6. The van der Waals surface area contributed by atoms with Crippen molar-refractivity contribution in [2.45, 2.75) is 68.3 Å².